The summed E-state index contributed by atoms with van der Waals surface area (Å²) in [6, 6.07) is 11.5. The number of halogens is 1. The lowest BCUT2D eigenvalue weighted by Gasteiger charge is -2.46. The monoisotopic (exact) mass is 670 g/mol. The molecule has 2 bridgehead atoms. The fourth-order valence-corrected chi connectivity index (χ4v) is 9.40. The Bertz CT molecular complexity index is 1590. The van der Waals surface area contributed by atoms with Crippen LogP contribution in [0.5, 0.6) is 5.75 Å². The second-order valence-corrected chi connectivity index (χ2v) is 16.8. The maximum atomic E-state index is 13.5. The van der Waals surface area contributed by atoms with E-state index < -0.39 is 26.8 Å². The third-order valence-electron chi connectivity index (χ3n) is 10.4. The van der Waals surface area contributed by atoms with Crippen LogP contribution in [0.15, 0.2) is 48.6 Å². The highest BCUT2D eigenvalue weighted by molar-refractivity contribution is 7.90. The summed E-state index contributed by atoms with van der Waals surface area (Å²) in [6.07, 6.45) is 10.2. The number of ether oxygens (including phenoxy) is 2. The quantitative estimate of drug-likeness (QED) is 0.374. The maximum absolute atomic E-state index is 13.5. The van der Waals surface area contributed by atoms with Crippen molar-refractivity contribution < 1.29 is 27.8 Å². The summed E-state index contributed by atoms with van der Waals surface area (Å²) < 4.78 is 42.0. The highest BCUT2D eigenvalue weighted by atomic mass is 35.5. The van der Waals surface area contributed by atoms with Gasteiger partial charge in [-0.05, 0) is 119 Å². The van der Waals surface area contributed by atoms with Gasteiger partial charge in [-0.2, -0.15) is 0 Å². The van der Waals surface area contributed by atoms with Gasteiger partial charge in [-0.25, -0.2) is 13.1 Å². The van der Waals surface area contributed by atoms with Crippen LogP contribution in [0.3, 0.4) is 0 Å². The van der Waals surface area contributed by atoms with Gasteiger partial charge >= 0.3 is 0 Å². The Hall–Kier alpha value is -2.59. The summed E-state index contributed by atoms with van der Waals surface area (Å²) in [5.41, 5.74) is 2.37. The number of fused-ring (bicyclic) bond motifs is 4. The largest absolute Gasteiger partial charge is 0.490 e. The Morgan fingerprint density at radius 1 is 1.17 bits per heavy atom. The van der Waals surface area contributed by atoms with E-state index in [9.17, 15) is 18.3 Å². The van der Waals surface area contributed by atoms with Crippen molar-refractivity contribution in [3.05, 3.63) is 70.3 Å². The Kier molecular flexibility index (Phi) is 9.51. The van der Waals surface area contributed by atoms with E-state index in [2.05, 4.69) is 27.8 Å². The number of sulfonamides is 1. The minimum atomic E-state index is -3.90. The minimum Gasteiger partial charge on any atom is -0.490 e. The molecule has 1 fully saturated rings. The fraction of sp³-hybridized carbons (Fsp3) is 0.583. The van der Waals surface area contributed by atoms with Crippen LogP contribution >= 0.6 is 11.6 Å². The first-order valence-corrected chi connectivity index (χ1v) is 18.7. The van der Waals surface area contributed by atoms with Crippen molar-refractivity contribution in [1.29, 1.82) is 0 Å². The summed E-state index contributed by atoms with van der Waals surface area (Å²) in [7, 11) is -3.90. The predicted octanol–water partition coefficient (Wildman–Crippen LogP) is 6.18. The molecule has 250 valence electrons. The van der Waals surface area contributed by atoms with Gasteiger partial charge in [0.2, 0.25) is 10.0 Å². The highest BCUT2D eigenvalue weighted by Gasteiger charge is 2.44. The van der Waals surface area contributed by atoms with Crippen LogP contribution < -0.4 is 14.4 Å². The van der Waals surface area contributed by atoms with Crippen LogP contribution in [-0.4, -0.2) is 62.7 Å². The minimum absolute atomic E-state index is 0.199. The summed E-state index contributed by atoms with van der Waals surface area (Å²) in [5.74, 6) is 0.629. The lowest BCUT2D eigenvalue weighted by atomic mass is 9.68. The molecule has 0 aromatic heterocycles. The third kappa shape index (κ3) is 6.98. The Labute approximate surface area is 278 Å². The molecule has 4 aliphatic rings. The molecule has 2 N–H and O–H groups in total. The Balaban J connectivity index is 1.41. The van der Waals surface area contributed by atoms with E-state index in [1.54, 1.807) is 26.0 Å². The number of carbonyl (C=O) groups is 1. The summed E-state index contributed by atoms with van der Waals surface area (Å²) in [4.78, 5) is 15.8. The van der Waals surface area contributed by atoms with E-state index in [1.165, 1.54) is 11.1 Å². The van der Waals surface area contributed by atoms with Gasteiger partial charge in [-0.3, -0.25) is 4.79 Å². The topological polar surface area (TPSA) is 105 Å². The molecule has 46 heavy (non-hydrogen) atoms. The number of anilines is 1. The number of nitrogens with zero attached hydrogens (tertiary/aromatic N) is 1. The number of nitrogens with one attached hydrogen (secondary N) is 1. The van der Waals surface area contributed by atoms with Gasteiger partial charge in [-0.1, -0.05) is 36.7 Å². The zero-order valence-corrected chi connectivity index (χ0v) is 28.7. The second kappa shape index (κ2) is 13.1. The molecule has 0 radical (unpaired) electrons. The average Bonchev–Trinajstić information content (AvgIpc) is 3.13. The van der Waals surface area contributed by atoms with Crippen LogP contribution in [0, 0.1) is 11.8 Å². The van der Waals surface area contributed by atoms with Crippen molar-refractivity contribution in [2.24, 2.45) is 11.8 Å². The van der Waals surface area contributed by atoms with Crippen molar-refractivity contribution in [3.8, 4) is 5.75 Å². The first-order chi connectivity index (χ1) is 21.9. The van der Waals surface area contributed by atoms with Gasteiger partial charge in [0.25, 0.3) is 5.91 Å². The molecule has 1 saturated carbocycles. The van der Waals surface area contributed by atoms with Gasteiger partial charge in [0.05, 0.1) is 35.9 Å². The number of aliphatic hydroxyl groups is 1. The van der Waals surface area contributed by atoms with Crippen molar-refractivity contribution in [3.63, 3.8) is 0 Å². The van der Waals surface area contributed by atoms with Crippen molar-refractivity contribution in [1.82, 2.24) is 4.72 Å². The smallest absolute Gasteiger partial charge is 0.264 e. The molecule has 0 saturated heterocycles. The SMILES string of the molecule is CC[C@@H]1CC/C=C\[C@H](OCC(C)(C)O)[C@@H]2CC[C@H]2CN2C[C@@]3(CCCc4cc(Cl)ccc43)COc3ccc(cc32)C(=O)NS1(=O)=O. The standard InChI is InChI=1S/C36H47ClN2O6S/c1-4-28-9-5-6-10-32(44-22-35(2,3)41)29-14-11-26(29)20-39-21-36(17-7-8-24-18-27(37)13-15-30(24)36)23-45-33-16-12-25(19-31(33)39)34(40)38-46(28,42)43/h6,10,12-13,15-16,18-19,26,28-29,32,41H,4-5,7-9,11,14,17,20-23H2,1-3H3,(H,38,40)/b10-6-/t26-,28+,29+,32-,36-/m0/s1. The highest BCUT2D eigenvalue weighted by Crippen LogP contribution is 2.47. The Morgan fingerprint density at radius 3 is 2.74 bits per heavy atom. The maximum Gasteiger partial charge on any atom is 0.264 e. The van der Waals surface area contributed by atoms with Crippen LogP contribution in [0.1, 0.15) is 87.2 Å². The molecule has 10 heteroatoms. The number of hydrogen-bond acceptors (Lipinski definition) is 7. The second-order valence-electron chi connectivity index (χ2n) is 14.4. The lowest BCUT2D eigenvalue weighted by Crippen LogP contribution is -2.50. The normalized spacial score (nSPS) is 30.2. The zero-order valence-electron chi connectivity index (χ0n) is 27.1. The van der Waals surface area contributed by atoms with E-state index in [-0.39, 0.29) is 24.0 Å². The number of amides is 1. The number of carbonyl (C=O) groups excluding carboxylic acids is 1. The molecule has 1 amide bonds. The van der Waals surface area contributed by atoms with Crippen LogP contribution in [0.4, 0.5) is 5.69 Å². The molecule has 2 aromatic rings. The van der Waals surface area contributed by atoms with E-state index in [0.717, 1.165) is 49.4 Å². The van der Waals surface area contributed by atoms with E-state index in [0.29, 0.717) is 49.6 Å². The van der Waals surface area contributed by atoms with Crippen molar-refractivity contribution in [2.45, 2.75) is 94.5 Å². The molecule has 2 aliphatic heterocycles. The first-order valence-electron chi connectivity index (χ1n) is 16.7. The molecule has 6 rings (SSSR count). The average molecular weight is 671 g/mol. The number of aryl methyl sites for hydroxylation is 1. The number of hydrogen-bond donors (Lipinski definition) is 2. The van der Waals surface area contributed by atoms with Crippen LogP contribution in [0.2, 0.25) is 5.02 Å². The van der Waals surface area contributed by atoms with Gasteiger partial charge in [-0.15, -0.1) is 0 Å². The van der Waals surface area contributed by atoms with E-state index in [1.807, 2.05) is 25.1 Å². The molecule has 5 atom stereocenters. The van der Waals surface area contributed by atoms with Crippen LogP contribution in [-0.2, 0) is 26.6 Å². The molecule has 2 heterocycles. The summed E-state index contributed by atoms with van der Waals surface area (Å²) in [6.45, 7) is 7.46. The van der Waals surface area contributed by atoms with Gasteiger partial charge in [0.15, 0.2) is 0 Å². The molecular formula is C36H47ClN2O6S. The van der Waals surface area contributed by atoms with Gasteiger partial charge < -0.3 is 19.5 Å². The van der Waals surface area contributed by atoms with E-state index >= 15 is 0 Å². The third-order valence-corrected chi connectivity index (χ3v) is 12.5. The molecule has 2 aromatic carbocycles. The predicted molar refractivity (Wildman–Crippen MR) is 181 cm³/mol. The molecule has 8 nitrogen and oxygen atoms in total. The molecular weight excluding hydrogens is 624 g/mol. The first kappa shape index (κ1) is 33.3. The van der Waals surface area contributed by atoms with Gasteiger partial charge in [0, 0.05) is 29.1 Å². The Morgan fingerprint density at radius 2 is 2.00 bits per heavy atom. The number of allylic oxidation sites excluding steroid dienone is 1. The number of rotatable bonds is 4. The number of benzene rings is 2. The van der Waals surface area contributed by atoms with E-state index in [4.69, 9.17) is 21.1 Å². The molecule has 2 aliphatic carbocycles. The van der Waals surface area contributed by atoms with Crippen molar-refractivity contribution in [2.75, 3.05) is 31.2 Å². The lowest BCUT2D eigenvalue weighted by molar-refractivity contribution is -0.0771. The molecule has 1 spiro atoms. The van der Waals surface area contributed by atoms with Crippen LogP contribution in [0.25, 0.3) is 0 Å². The van der Waals surface area contributed by atoms with Gasteiger partial charge in [0.1, 0.15) is 5.75 Å². The summed E-state index contributed by atoms with van der Waals surface area (Å²) in [5, 5.41) is 10.5. The fourth-order valence-electron chi connectivity index (χ4n) is 7.78. The molecule has 0 unspecified atom stereocenters. The summed E-state index contributed by atoms with van der Waals surface area (Å²) >= 11 is 6.43. The zero-order chi connectivity index (χ0) is 32.7. The van der Waals surface area contributed by atoms with Crippen molar-refractivity contribution >= 4 is 33.2 Å².